The largest absolute Gasteiger partial charge is 0.273 e. The van der Waals surface area contributed by atoms with Gasteiger partial charge in [0.2, 0.25) is 5.91 Å². The number of hydrogen-bond donors (Lipinski definition) is 0. The third-order valence-corrected chi connectivity index (χ3v) is 6.19. The molecule has 5 nitrogen and oxygen atoms in total. The first-order chi connectivity index (χ1) is 14.6. The van der Waals surface area contributed by atoms with Gasteiger partial charge in [0.25, 0.3) is 5.91 Å². The molecule has 0 N–H and O–H groups in total. The van der Waals surface area contributed by atoms with E-state index in [-0.39, 0.29) is 23.8 Å². The van der Waals surface area contributed by atoms with E-state index in [2.05, 4.69) is 13.8 Å². The number of unbranched alkanes of at least 4 members (excludes halogenated alkanes) is 1. The second kappa shape index (κ2) is 8.56. The Morgan fingerprint density at radius 2 is 1.67 bits per heavy atom. The van der Waals surface area contributed by atoms with Crippen molar-refractivity contribution in [1.29, 1.82) is 0 Å². The molecule has 4 atom stereocenters. The van der Waals surface area contributed by atoms with Gasteiger partial charge in [0.05, 0.1) is 23.3 Å². The molecular weight excluding hydrogens is 383 g/mol. The van der Waals surface area contributed by atoms with Gasteiger partial charge in [0, 0.05) is 0 Å². The summed E-state index contributed by atoms with van der Waals surface area (Å²) in [5.41, 5.74) is 1.23. The summed E-state index contributed by atoms with van der Waals surface area (Å²) in [4.78, 5) is 34.0. The number of imide groups is 1. The van der Waals surface area contributed by atoms with Crippen LogP contribution in [0.2, 0.25) is 0 Å². The Balaban J connectivity index is 1.71. The van der Waals surface area contributed by atoms with Crippen molar-refractivity contribution in [2.45, 2.75) is 51.7 Å². The van der Waals surface area contributed by atoms with Crippen LogP contribution in [0.4, 0.5) is 15.8 Å². The van der Waals surface area contributed by atoms with Crippen LogP contribution in [-0.2, 0) is 14.4 Å². The van der Waals surface area contributed by atoms with Crippen molar-refractivity contribution in [1.82, 2.24) is 0 Å². The van der Waals surface area contributed by atoms with E-state index in [1.807, 2.05) is 30.3 Å². The van der Waals surface area contributed by atoms with E-state index in [0.29, 0.717) is 5.69 Å². The molecule has 0 saturated carbocycles. The van der Waals surface area contributed by atoms with Crippen LogP contribution in [-0.4, -0.2) is 24.0 Å². The zero-order valence-electron chi connectivity index (χ0n) is 17.3. The Labute approximate surface area is 176 Å². The smallest absolute Gasteiger partial charge is 0.266 e. The van der Waals surface area contributed by atoms with Crippen LogP contribution in [0.25, 0.3) is 0 Å². The molecule has 30 heavy (non-hydrogen) atoms. The Morgan fingerprint density at radius 1 is 0.967 bits per heavy atom. The Morgan fingerprint density at radius 3 is 2.30 bits per heavy atom. The lowest BCUT2D eigenvalue weighted by atomic mass is 9.82. The summed E-state index contributed by atoms with van der Waals surface area (Å²) in [6, 6.07) is 14.9. The lowest BCUT2D eigenvalue weighted by molar-refractivity contribution is -0.126. The first-order valence-corrected chi connectivity index (χ1v) is 10.7. The molecule has 0 aliphatic carbocycles. The van der Waals surface area contributed by atoms with Crippen molar-refractivity contribution in [3.05, 3.63) is 60.4 Å². The molecule has 2 aliphatic heterocycles. The van der Waals surface area contributed by atoms with E-state index >= 15 is 0 Å². The second-order valence-electron chi connectivity index (χ2n) is 8.00. The molecule has 158 valence electrons. The van der Waals surface area contributed by atoms with Gasteiger partial charge in [0.15, 0.2) is 6.10 Å². The predicted octanol–water partition coefficient (Wildman–Crippen LogP) is 4.72. The first kappa shape index (κ1) is 20.5. The number of hydroxylamine groups is 1. The third-order valence-electron chi connectivity index (χ3n) is 6.19. The number of benzene rings is 2. The second-order valence-corrected chi connectivity index (χ2v) is 8.00. The number of amides is 2. The maximum atomic E-state index is 13.5. The summed E-state index contributed by atoms with van der Waals surface area (Å²) in [5.74, 6) is -1.43. The van der Waals surface area contributed by atoms with Gasteiger partial charge < -0.3 is 0 Å². The molecule has 2 aliphatic rings. The maximum absolute atomic E-state index is 13.5. The van der Waals surface area contributed by atoms with Crippen LogP contribution in [0.15, 0.2) is 54.6 Å². The Hall–Kier alpha value is -2.73. The summed E-state index contributed by atoms with van der Waals surface area (Å²) in [6.45, 7) is 4.27. The van der Waals surface area contributed by atoms with Gasteiger partial charge >= 0.3 is 0 Å². The SMILES string of the molecule is CCCC[C@@H](CC)[C@@H]1[C@H]2C(=O)N(c3ccc(F)cc3)C(=O)[C@@H]2ON1c1ccccc1. The molecule has 2 amide bonds. The van der Waals surface area contributed by atoms with Gasteiger partial charge in [-0.05, 0) is 48.7 Å². The van der Waals surface area contributed by atoms with Gasteiger partial charge in [-0.15, -0.1) is 0 Å². The zero-order chi connectivity index (χ0) is 21.3. The van der Waals surface area contributed by atoms with Gasteiger partial charge in [-0.3, -0.25) is 14.4 Å². The highest BCUT2D eigenvalue weighted by Crippen LogP contribution is 2.44. The fourth-order valence-electron chi connectivity index (χ4n) is 4.66. The molecule has 2 fully saturated rings. The zero-order valence-corrected chi connectivity index (χ0v) is 17.3. The summed E-state index contributed by atoms with van der Waals surface area (Å²) < 4.78 is 13.3. The van der Waals surface area contributed by atoms with E-state index in [1.54, 1.807) is 5.06 Å². The lowest BCUT2D eigenvalue weighted by Gasteiger charge is -2.33. The number of halogens is 1. The van der Waals surface area contributed by atoms with Gasteiger partial charge in [-0.25, -0.2) is 14.4 Å². The summed E-state index contributed by atoms with van der Waals surface area (Å²) in [6.07, 6.45) is 3.12. The van der Waals surface area contributed by atoms with Crippen molar-refractivity contribution < 1.29 is 18.8 Å². The van der Waals surface area contributed by atoms with Crippen molar-refractivity contribution in [3.63, 3.8) is 0 Å². The monoisotopic (exact) mass is 410 g/mol. The molecule has 0 spiro atoms. The highest BCUT2D eigenvalue weighted by molar-refractivity contribution is 6.23. The normalized spacial score (nSPS) is 24.4. The van der Waals surface area contributed by atoms with Crippen molar-refractivity contribution in [2.24, 2.45) is 11.8 Å². The fourth-order valence-corrected chi connectivity index (χ4v) is 4.66. The van der Waals surface area contributed by atoms with Crippen LogP contribution in [0.5, 0.6) is 0 Å². The number of carbonyl (C=O) groups is 2. The Bertz CT molecular complexity index is 902. The van der Waals surface area contributed by atoms with E-state index in [4.69, 9.17) is 4.84 Å². The number of nitrogens with zero attached hydrogens (tertiary/aromatic N) is 2. The molecule has 0 radical (unpaired) electrons. The highest BCUT2D eigenvalue weighted by atomic mass is 19.1. The van der Waals surface area contributed by atoms with Crippen LogP contribution >= 0.6 is 0 Å². The molecule has 0 aromatic heterocycles. The molecule has 2 aromatic rings. The van der Waals surface area contributed by atoms with Gasteiger partial charge in [0.1, 0.15) is 5.82 Å². The molecule has 2 aromatic carbocycles. The van der Waals surface area contributed by atoms with Gasteiger partial charge in [-0.2, -0.15) is 0 Å². The van der Waals surface area contributed by atoms with E-state index in [9.17, 15) is 14.0 Å². The molecule has 2 saturated heterocycles. The van der Waals surface area contributed by atoms with Crippen molar-refractivity contribution in [3.8, 4) is 0 Å². The van der Waals surface area contributed by atoms with Crippen LogP contribution in [0, 0.1) is 17.7 Å². The standard InChI is InChI=1S/C24H27FN2O3/c1-3-5-9-16(4-2)21-20-22(30-27(21)19-10-7-6-8-11-19)24(29)26(23(20)28)18-14-12-17(25)13-15-18/h6-8,10-16,20-22H,3-5,9H2,1-2H3/t16-,20-,21-,22-/m1/s1. The quantitative estimate of drug-likeness (QED) is 0.620. The minimum Gasteiger partial charge on any atom is -0.273 e. The Kier molecular flexibility index (Phi) is 5.86. The minimum absolute atomic E-state index is 0.213. The number of para-hydroxylation sites is 1. The average molecular weight is 410 g/mol. The van der Waals surface area contributed by atoms with E-state index in [0.717, 1.165) is 36.3 Å². The summed E-state index contributed by atoms with van der Waals surface area (Å²) >= 11 is 0. The number of hydrogen-bond acceptors (Lipinski definition) is 4. The molecule has 2 heterocycles. The summed E-state index contributed by atoms with van der Waals surface area (Å²) in [7, 11) is 0. The van der Waals surface area contributed by atoms with Crippen LogP contribution < -0.4 is 9.96 Å². The van der Waals surface area contributed by atoms with Gasteiger partial charge in [-0.1, -0.05) is 51.3 Å². The third kappa shape index (κ3) is 3.49. The molecular formula is C24H27FN2O3. The first-order valence-electron chi connectivity index (χ1n) is 10.7. The highest BCUT2D eigenvalue weighted by Gasteiger charge is 2.61. The number of rotatable bonds is 7. The summed E-state index contributed by atoms with van der Waals surface area (Å²) in [5, 5.41) is 1.79. The molecule has 0 bridgehead atoms. The van der Waals surface area contributed by atoms with Crippen molar-refractivity contribution >= 4 is 23.2 Å². The topological polar surface area (TPSA) is 49.9 Å². The number of anilines is 2. The van der Waals surface area contributed by atoms with Crippen molar-refractivity contribution in [2.75, 3.05) is 9.96 Å². The number of fused-ring (bicyclic) bond motifs is 1. The van der Waals surface area contributed by atoms with Crippen LogP contribution in [0.1, 0.15) is 39.5 Å². The minimum atomic E-state index is -0.858. The predicted molar refractivity (Wildman–Crippen MR) is 113 cm³/mol. The molecule has 0 unspecified atom stereocenters. The maximum Gasteiger partial charge on any atom is 0.266 e. The lowest BCUT2D eigenvalue weighted by Crippen LogP contribution is -2.44. The van der Waals surface area contributed by atoms with Crippen LogP contribution in [0.3, 0.4) is 0 Å². The van der Waals surface area contributed by atoms with E-state index in [1.165, 1.54) is 24.3 Å². The van der Waals surface area contributed by atoms with E-state index < -0.39 is 17.8 Å². The number of carbonyl (C=O) groups excluding carboxylic acids is 2. The fraction of sp³-hybridized carbons (Fsp3) is 0.417. The average Bonchev–Trinajstić information content (AvgIpc) is 3.27. The molecule has 6 heteroatoms. The molecule has 4 rings (SSSR count).